The number of carbonyl (C=O) groups excluding carboxylic acids is 1. The van der Waals surface area contributed by atoms with E-state index in [9.17, 15) is 55.5 Å². The van der Waals surface area contributed by atoms with E-state index in [0.717, 1.165) is 5.57 Å². The third-order valence-electron chi connectivity index (χ3n) is 17.0. The average Bonchev–Trinajstić information content (AvgIpc) is 3.15. The first-order chi connectivity index (χ1) is 26.6. The first-order valence-electron chi connectivity index (χ1n) is 21.0. The number of fused-ring (bicyclic) bond motifs is 7. The molecule has 0 amide bonds. The molecule has 0 radical (unpaired) electrons. The summed E-state index contributed by atoms with van der Waals surface area (Å²) >= 11 is 0. The molecule has 2 heterocycles. The number of aliphatic hydroxyl groups is 8. The van der Waals surface area contributed by atoms with Gasteiger partial charge in [0, 0.05) is 0 Å². The third-order valence-corrected chi connectivity index (χ3v) is 17.0. The summed E-state index contributed by atoms with van der Waals surface area (Å²) in [5.41, 5.74) is -3.34. The van der Waals surface area contributed by atoms with Gasteiger partial charge in [-0.05, 0) is 104 Å². The highest BCUT2D eigenvalue weighted by atomic mass is 16.7. The lowest BCUT2D eigenvalue weighted by Crippen LogP contribution is -2.68. The molecule has 0 aromatic heterocycles. The number of hydrogen-bond donors (Lipinski definition) is 9. The van der Waals surface area contributed by atoms with Crippen LogP contribution < -0.4 is 0 Å². The van der Waals surface area contributed by atoms with E-state index >= 15 is 0 Å². The SMILES string of the molecule is CC1(C)CC[C@]2(C(=O)O[C@@H]3O[C@H](CO)[C@@H](O)[C@H](O)[C@H]3O)CC[C@]3(C(=O)O)C(=CCC4[C@@]5(C)CC[C@H](O[C@@H]6O[C@H](CO)[C@@H](O)[C@H](O)[C@H]6O)C(C)(C)C5CC[C@]43C)[C@@H]2C1. The molecule has 2 unspecified atom stereocenters. The van der Waals surface area contributed by atoms with Gasteiger partial charge in [-0.2, -0.15) is 0 Å². The Morgan fingerprint density at radius 1 is 0.719 bits per heavy atom. The molecule has 2 aliphatic heterocycles. The highest BCUT2D eigenvalue weighted by Gasteiger charge is 2.73. The van der Waals surface area contributed by atoms with Crippen LogP contribution in [0, 0.1) is 50.2 Å². The van der Waals surface area contributed by atoms with E-state index in [1.54, 1.807) is 0 Å². The molecule has 7 aliphatic rings. The Kier molecular flexibility index (Phi) is 11.2. The zero-order valence-corrected chi connectivity index (χ0v) is 34.1. The number of allylic oxidation sites excluding steroid dienone is 1. The number of aliphatic carboxylic acids is 1. The number of carboxylic acid groups (broad SMARTS) is 1. The Bertz CT molecular complexity index is 1580. The molecular weight excluding hydrogens is 744 g/mol. The van der Waals surface area contributed by atoms with Gasteiger partial charge < -0.3 is 64.9 Å². The average molecular weight is 811 g/mol. The quantitative estimate of drug-likeness (QED) is 0.100. The van der Waals surface area contributed by atoms with E-state index in [2.05, 4.69) is 47.6 Å². The lowest BCUT2D eigenvalue weighted by molar-refractivity contribution is -0.330. The third kappa shape index (κ3) is 6.30. The Morgan fingerprint density at radius 2 is 1.30 bits per heavy atom. The maximum absolute atomic E-state index is 14.6. The van der Waals surface area contributed by atoms with E-state index in [0.29, 0.717) is 51.4 Å². The molecular formula is C42H66O15. The number of carbonyl (C=O) groups is 2. The maximum Gasteiger partial charge on any atom is 0.315 e. The Labute approximate surface area is 334 Å². The van der Waals surface area contributed by atoms with Crippen LogP contribution in [0.3, 0.4) is 0 Å². The van der Waals surface area contributed by atoms with Crippen LogP contribution in [-0.2, 0) is 28.5 Å². The summed E-state index contributed by atoms with van der Waals surface area (Å²) in [5.74, 6) is -1.99. The number of ether oxygens (including phenoxy) is 4. The molecule has 18 atom stereocenters. The molecule has 6 fully saturated rings. The number of aliphatic hydroxyl groups excluding tert-OH is 8. The Hall–Kier alpha value is -1.76. The molecule has 15 nitrogen and oxygen atoms in total. The van der Waals surface area contributed by atoms with Crippen molar-refractivity contribution in [1.29, 1.82) is 0 Å². The van der Waals surface area contributed by atoms with Gasteiger partial charge in [0.15, 0.2) is 6.29 Å². The van der Waals surface area contributed by atoms with E-state index in [1.165, 1.54) is 0 Å². The number of rotatable bonds is 7. The molecule has 7 rings (SSSR count). The van der Waals surface area contributed by atoms with Crippen molar-refractivity contribution in [1.82, 2.24) is 0 Å². The number of carboxylic acids is 1. The molecule has 57 heavy (non-hydrogen) atoms. The van der Waals surface area contributed by atoms with Crippen molar-refractivity contribution >= 4 is 11.9 Å². The van der Waals surface area contributed by atoms with E-state index in [4.69, 9.17) is 18.9 Å². The van der Waals surface area contributed by atoms with Gasteiger partial charge >= 0.3 is 11.9 Å². The van der Waals surface area contributed by atoms with E-state index in [1.807, 2.05) is 0 Å². The van der Waals surface area contributed by atoms with Crippen molar-refractivity contribution < 1.29 is 74.5 Å². The van der Waals surface area contributed by atoms with Crippen molar-refractivity contribution in [3.05, 3.63) is 11.6 Å². The summed E-state index contributed by atoms with van der Waals surface area (Å²) in [7, 11) is 0. The van der Waals surface area contributed by atoms with Gasteiger partial charge in [-0.3, -0.25) is 9.59 Å². The van der Waals surface area contributed by atoms with Gasteiger partial charge in [0.05, 0.1) is 30.1 Å². The van der Waals surface area contributed by atoms with Crippen molar-refractivity contribution in [3.63, 3.8) is 0 Å². The topological polar surface area (TPSA) is 253 Å². The van der Waals surface area contributed by atoms with Crippen molar-refractivity contribution in [2.45, 2.75) is 173 Å². The second-order valence-corrected chi connectivity index (χ2v) is 20.5. The van der Waals surface area contributed by atoms with Gasteiger partial charge in [0.2, 0.25) is 6.29 Å². The van der Waals surface area contributed by atoms with Crippen molar-refractivity contribution in [2.75, 3.05) is 13.2 Å². The van der Waals surface area contributed by atoms with E-state index in [-0.39, 0.29) is 35.5 Å². The van der Waals surface area contributed by atoms with Crippen LogP contribution in [0.5, 0.6) is 0 Å². The van der Waals surface area contributed by atoms with Crippen LogP contribution in [-0.4, -0.2) is 139 Å². The van der Waals surface area contributed by atoms with Crippen LogP contribution >= 0.6 is 0 Å². The Balaban J connectivity index is 1.20. The second kappa shape index (κ2) is 14.7. The summed E-state index contributed by atoms with van der Waals surface area (Å²) in [6.07, 6.45) is -7.89. The van der Waals surface area contributed by atoms with Gasteiger partial charge in [0.1, 0.15) is 48.8 Å². The zero-order valence-electron chi connectivity index (χ0n) is 34.1. The standard InChI is InChI=1S/C42H66O15/c1-37(2)13-14-41(36(53)57-34-32(50)30(48)28(46)23(19-44)55-34)15-16-42(35(51)52)20(21(41)17-37)7-8-25-39(5)11-10-26(38(3,4)24(39)9-12-40(25,42)6)56-33-31(49)29(47)27(45)22(18-43)54-33/h7,21-34,43-50H,8-19H2,1-6H3,(H,51,52)/t21-,22+,23+,24?,25?,26-,27+,28+,29-,30-,31+,32+,33-,34-,39-,40+,41-,42+/m0/s1. The lowest BCUT2D eigenvalue weighted by atomic mass is 9.33. The fourth-order valence-corrected chi connectivity index (χ4v) is 13.7. The minimum atomic E-state index is -1.75. The molecule has 0 spiro atoms. The smallest absolute Gasteiger partial charge is 0.315 e. The normalized spacial score (nSPS) is 51.6. The minimum absolute atomic E-state index is 0.0405. The summed E-state index contributed by atoms with van der Waals surface area (Å²) < 4.78 is 23.7. The van der Waals surface area contributed by atoms with Crippen LogP contribution in [0.15, 0.2) is 11.6 Å². The lowest BCUT2D eigenvalue weighted by Gasteiger charge is -2.70. The maximum atomic E-state index is 14.6. The predicted octanol–water partition coefficient (Wildman–Crippen LogP) is 1.38. The zero-order chi connectivity index (χ0) is 41.8. The highest BCUT2D eigenvalue weighted by Crippen LogP contribution is 2.76. The first-order valence-corrected chi connectivity index (χ1v) is 21.0. The Morgan fingerprint density at radius 3 is 1.89 bits per heavy atom. The molecule has 15 heteroatoms. The van der Waals surface area contributed by atoms with Gasteiger partial charge in [-0.25, -0.2) is 0 Å². The van der Waals surface area contributed by atoms with Crippen LogP contribution in [0.2, 0.25) is 0 Å². The molecule has 5 aliphatic carbocycles. The molecule has 4 saturated carbocycles. The molecule has 9 N–H and O–H groups in total. The molecule has 0 aromatic rings. The van der Waals surface area contributed by atoms with Gasteiger partial charge in [-0.15, -0.1) is 0 Å². The highest BCUT2D eigenvalue weighted by molar-refractivity contribution is 5.85. The molecule has 0 aromatic carbocycles. The summed E-state index contributed by atoms with van der Waals surface area (Å²) in [5, 5.41) is 94.3. The fourth-order valence-electron chi connectivity index (χ4n) is 13.7. The minimum Gasteiger partial charge on any atom is -0.481 e. The van der Waals surface area contributed by atoms with Crippen LogP contribution in [0.4, 0.5) is 0 Å². The van der Waals surface area contributed by atoms with Crippen LogP contribution in [0.25, 0.3) is 0 Å². The summed E-state index contributed by atoms with van der Waals surface area (Å²) in [4.78, 5) is 28.8. The number of hydrogen-bond acceptors (Lipinski definition) is 14. The fraction of sp³-hybridized carbons (Fsp3) is 0.905. The van der Waals surface area contributed by atoms with Crippen molar-refractivity contribution in [2.24, 2.45) is 50.2 Å². The summed E-state index contributed by atoms with van der Waals surface area (Å²) in [6, 6.07) is 0. The van der Waals surface area contributed by atoms with Crippen LogP contribution in [0.1, 0.15) is 106 Å². The second-order valence-electron chi connectivity index (χ2n) is 20.5. The predicted molar refractivity (Wildman–Crippen MR) is 200 cm³/mol. The number of esters is 1. The van der Waals surface area contributed by atoms with Crippen molar-refractivity contribution in [3.8, 4) is 0 Å². The monoisotopic (exact) mass is 810 g/mol. The summed E-state index contributed by atoms with van der Waals surface area (Å²) in [6.45, 7) is 11.7. The largest absolute Gasteiger partial charge is 0.481 e. The van der Waals surface area contributed by atoms with Gasteiger partial charge in [-0.1, -0.05) is 53.2 Å². The van der Waals surface area contributed by atoms with E-state index < -0.39 is 120 Å². The molecule has 0 bridgehead atoms. The molecule has 324 valence electrons. The molecule has 2 saturated heterocycles. The van der Waals surface area contributed by atoms with Gasteiger partial charge in [0.25, 0.3) is 0 Å². The first kappa shape index (κ1) is 43.3.